The van der Waals surface area contributed by atoms with Crippen LogP contribution in [0, 0.1) is 5.82 Å². The molecule has 94 valence electrons. The van der Waals surface area contributed by atoms with Crippen LogP contribution in [0.15, 0.2) is 42.7 Å². The molecule has 0 saturated carbocycles. The number of halogens is 1. The molecule has 1 aromatic carbocycles. The molecule has 1 heterocycles. The first-order chi connectivity index (χ1) is 8.66. The van der Waals surface area contributed by atoms with Crippen LogP contribution >= 0.6 is 0 Å². The van der Waals surface area contributed by atoms with Crippen LogP contribution in [-0.4, -0.2) is 17.0 Å². The second kappa shape index (κ2) is 5.35. The maximum absolute atomic E-state index is 13.5. The van der Waals surface area contributed by atoms with Gasteiger partial charge in [-0.15, -0.1) is 0 Å². The van der Waals surface area contributed by atoms with E-state index >= 15 is 0 Å². The summed E-state index contributed by atoms with van der Waals surface area (Å²) in [5, 5.41) is 2.66. The Morgan fingerprint density at radius 3 is 2.72 bits per heavy atom. The van der Waals surface area contributed by atoms with Gasteiger partial charge >= 0.3 is 0 Å². The molecule has 2 aromatic rings. The summed E-state index contributed by atoms with van der Waals surface area (Å²) < 4.78 is 15.4. The number of aromatic nitrogens is 1. The summed E-state index contributed by atoms with van der Waals surface area (Å²) in [6, 6.07) is 7.84. The third kappa shape index (κ3) is 2.88. The van der Waals surface area contributed by atoms with Gasteiger partial charge in [-0.2, -0.15) is 0 Å². The number of nitrogens with two attached hydrogens (primary N) is 1. The van der Waals surface area contributed by atoms with E-state index < -0.39 is 11.7 Å². The van der Waals surface area contributed by atoms with Crippen LogP contribution in [-0.2, 0) is 6.54 Å². The quantitative estimate of drug-likeness (QED) is 0.807. The van der Waals surface area contributed by atoms with Crippen molar-refractivity contribution < 1.29 is 9.18 Å². The lowest BCUT2D eigenvalue weighted by Crippen LogP contribution is -2.27. The Bertz CT molecular complexity index is 537. The van der Waals surface area contributed by atoms with Gasteiger partial charge in [0.1, 0.15) is 5.82 Å². The van der Waals surface area contributed by atoms with Crippen molar-refractivity contribution in [3.05, 3.63) is 54.1 Å². The summed E-state index contributed by atoms with van der Waals surface area (Å²) in [5.41, 5.74) is 5.73. The Morgan fingerprint density at radius 2 is 2.06 bits per heavy atom. The van der Waals surface area contributed by atoms with Crippen LogP contribution in [0.5, 0.6) is 0 Å². The molecule has 0 fully saturated rings. The van der Waals surface area contributed by atoms with Gasteiger partial charge in [-0.1, -0.05) is 0 Å². The maximum Gasteiger partial charge on any atom is 0.254 e. The van der Waals surface area contributed by atoms with Crippen LogP contribution in [0.4, 0.5) is 10.1 Å². The zero-order valence-corrected chi connectivity index (χ0v) is 9.77. The Hall–Kier alpha value is -2.30. The smallest absolute Gasteiger partial charge is 0.254 e. The minimum atomic E-state index is -0.603. The first-order valence-electron chi connectivity index (χ1n) is 5.61. The van der Waals surface area contributed by atoms with Gasteiger partial charge < -0.3 is 15.6 Å². The zero-order chi connectivity index (χ0) is 13.0. The van der Waals surface area contributed by atoms with Gasteiger partial charge in [0.2, 0.25) is 0 Å². The number of rotatable bonds is 4. The van der Waals surface area contributed by atoms with Crippen LogP contribution < -0.4 is 11.1 Å². The number of nitrogens with one attached hydrogen (secondary N) is 1. The number of carbonyl (C=O) groups excluding carboxylic acids is 1. The highest BCUT2D eigenvalue weighted by atomic mass is 19.1. The van der Waals surface area contributed by atoms with Crippen molar-refractivity contribution in [3.8, 4) is 0 Å². The lowest BCUT2D eigenvalue weighted by Gasteiger charge is -2.07. The topological polar surface area (TPSA) is 60.1 Å². The molecule has 0 aliphatic carbocycles. The highest BCUT2D eigenvalue weighted by Gasteiger charge is 2.10. The maximum atomic E-state index is 13.5. The molecular formula is C13H14FN3O. The Balaban J connectivity index is 1.91. The summed E-state index contributed by atoms with van der Waals surface area (Å²) in [6.45, 7) is 1.09. The van der Waals surface area contributed by atoms with E-state index in [4.69, 9.17) is 5.73 Å². The minimum Gasteiger partial charge on any atom is -0.399 e. The zero-order valence-electron chi connectivity index (χ0n) is 9.77. The number of benzene rings is 1. The Kier molecular flexibility index (Phi) is 3.62. The SMILES string of the molecule is Nc1ccc(C(=O)NCCn2cccc2)c(F)c1. The number of nitrogens with zero attached hydrogens (tertiary/aromatic N) is 1. The first kappa shape index (κ1) is 12.2. The third-order valence-corrected chi connectivity index (χ3v) is 2.56. The van der Waals surface area contributed by atoms with Crippen LogP contribution in [0.1, 0.15) is 10.4 Å². The number of anilines is 1. The normalized spacial score (nSPS) is 10.3. The first-order valence-corrected chi connectivity index (χ1v) is 5.61. The minimum absolute atomic E-state index is 0.0108. The van der Waals surface area contributed by atoms with Gasteiger partial charge in [-0.3, -0.25) is 4.79 Å². The van der Waals surface area contributed by atoms with Crippen molar-refractivity contribution in [3.63, 3.8) is 0 Å². The van der Waals surface area contributed by atoms with Crippen molar-refractivity contribution in [1.29, 1.82) is 0 Å². The second-order valence-electron chi connectivity index (χ2n) is 3.92. The second-order valence-corrected chi connectivity index (χ2v) is 3.92. The molecule has 0 radical (unpaired) electrons. The molecule has 0 unspecified atom stereocenters. The third-order valence-electron chi connectivity index (χ3n) is 2.56. The van der Waals surface area contributed by atoms with E-state index in [1.807, 2.05) is 29.1 Å². The standard InChI is InChI=1S/C13H14FN3O/c14-12-9-10(15)3-4-11(12)13(18)16-5-8-17-6-1-2-7-17/h1-4,6-7,9H,5,8,15H2,(H,16,18). The molecular weight excluding hydrogens is 233 g/mol. The number of hydrogen-bond donors (Lipinski definition) is 2. The average Bonchev–Trinajstić information content (AvgIpc) is 2.81. The van der Waals surface area contributed by atoms with Gasteiger partial charge in [-0.25, -0.2) is 4.39 Å². The highest BCUT2D eigenvalue weighted by Crippen LogP contribution is 2.11. The summed E-state index contributed by atoms with van der Waals surface area (Å²) in [7, 11) is 0. The van der Waals surface area contributed by atoms with Gasteiger partial charge in [-0.05, 0) is 30.3 Å². The van der Waals surface area contributed by atoms with E-state index in [2.05, 4.69) is 5.32 Å². The molecule has 0 bridgehead atoms. The molecule has 0 saturated heterocycles. The van der Waals surface area contributed by atoms with Crippen LogP contribution in [0.3, 0.4) is 0 Å². The number of nitrogen functional groups attached to an aromatic ring is 1. The van der Waals surface area contributed by atoms with E-state index in [-0.39, 0.29) is 5.56 Å². The fourth-order valence-corrected chi connectivity index (χ4v) is 1.63. The van der Waals surface area contributed by atoms with Crippen molar-refractivity contribution in [1.82, 2.24) is 9.88 Å². The molecule has 0 atom stereocenters. The summed E-state index contributed by atoms with van der Waals surface area (Å²) in [6.07, 6.45) is 3.80. The lowest BCUT2D eigenvalue weighted by molar-refractivity contribution is 0.0948. The fraction of sp³-hybridized carbons (Fsp3) is 0.154. The van der Waals surface area contributed by atoms with Gasteiger partial charge in [0.15, 0.2) is 0 Å². The van der Waals surface area contributed by atoms with Gasteiger partial charge in [0.25, 0.3) is 5.91 Å². The molecule has 1 amide bonds. The Labute approximate surface area is 104 Å². The molecule has 3 N–H and O–H groups in total. The predicted octanol–water partition coefficient (Wildman–Crippen LogP) is 1.64. The molecule has 18 heavy (non-hydrogen) atoms. The molecule has 0 spiro atoms. The predicted molar refractivity (Wildman–Crippen MR) is 67.6 cm³/mol. The molecule has 1 aromatic heterocycles. The number of amides is 1. The lowest BCUT2D eigenvalue weighted by atomic mass is 10.2. The largest absolute Gasteiger partial charge is 0.399 e. The van der Waals surface area contributed by atoms with Crippen molar-refractivity contribution >= 4 is 11.6 Å². The summed E-state index contributed by atoms with van der Waals surface area (Å²) in [5.74, 6) is -1.03. The number of hydrogen-bond acceptors (Lipinski definition) is 2. The van der Waals surface area contributed by atoms with E-state index in [0.29, 0.717) is 18.8 Å². The molecule has 5 heteroatoms. The summed E-state index contributed by atoms with van der Waals surface area (Å²) in [4.78, 5) is 11.7. The fourth-order valence-electron chi connectivity index (χ4n) is 1.63. The van der Waals surface area contributed by atoms with Crippen molar-refractivity contribution in [2.24, 2.45) is 0 Å². The van der Waals surface area contributed by atoms with Crippen molar-refractivity contribution in [2.75, 3.05) is 12.3 Å². The van der Waals surface area contributed by atoms with E-state index in [1.54, 1.807) is 0 Å². The monoisotopic (exact) mass is 247 g/mol. The van der Waals surface area contributed by atoms with E-state index in [1.165, 1.54) is 12.1 Å². The molecule has 2 rings (SSSR count). The molecule has 0 aliphatic rings. The molecule has 4 nitrogen and oxygen atoms in total. The van der Waals surface area contributed by atoms with Gasteiger partial charge in [0.05, 0.1) is 5.56 Å². The van der Waals surface area contributed by atoms with E-state index in [9.17, 15) is 9.18 Å². The molecule has 0 aliphatic heterocycles. The average molecular weight is 247 g/mol. The van der Waals surface area contributed by atoms with Gasteiger partial charge in [0, 0.05) is 31.2 Å². The summed E-state index contributed by atoms with van der Waals surface area (Å²) >= 11 is 0. The Morgan fingerprint density at radius 1 is 1.33 bits per heavy atom. The highest BCUT2D eigenvalue weighted by molar-refractivity contribution is 5.94. The van der Waals surface area contributed by atoms with E-state index in [0.717, 1.165) is 6.07 Å². The van der Waals surface area contributed by atoms with Crippen LogP contribution in [0.25, 0.3) is 0 Å². The van der Waals surface area contributed by atoms with Crippen molar-refractivity contribution in [2.45, 2.75) is 6.54 Å². The number of carbonyl (C=O) groups is 1. The van der Waals surface area contributed by atoms with Crippen LogP contribution in [0.2, 0.25) is 0 Å².